The van der Waals surface area contributed by atoms with E-state index in [-0.39, 0.29) is 11.7 Å². The van der Waals surface area contributed by atoms with Crippen LogP contribution in [0, 0.1) is 5.41 Å². The molecule has 1 saturated carbocycles. The number of methoxy groups -OCH3 is 1. The number of hydrogen-bond donors (Lipinski definition) is 0. The molecule has 0 N–H and O–H groups in total. The molecule has 1 spiro atoms. The second kappa shape index (κ2) is 3.67. The van der Waals surface area contributed by atoms with Crippen molar-refractivity contribution in [3.8, 4) is 0 Å². The lowest BCUT2D eigenvalue weighted by Gasteiger charge is -2.53. The fraction of sp³-hybridized carbons (Fsp3) is 1.00. The third-order valence-corrected chi connectivity index (χ3v) is 5.00. The van der Waals surface area contributed by atoms with Crippen molar-refractivity contribution in [3.63, 3.8) is 0 Å². The highest BCUT2D eigenvalue weighted by molar-refractivity contribution is 5.06. The summed E-state index contributed by atoms with van der Waals surface area (Å²) in [4.78, 5) is 11.4. The zero-order valence-corrected chi connectivity index (χ0v) is 11.0. The average Bonchev–Trinajstić information content (AvgIpc) is 2.51. The molecule has 0 aromatic carbocycles. The van der Waals surface area contributed by atoms with Gasteiger partial charge in [-0.3, -0.25) is 0 Å². The van der Waals surface area contributed by atoms with Gasteiger partial charge in [-0.1, -0.05) is 19.8 Å². The van der Waals surface area contributed by atoms with E-state index in [0.717, 1.165) is 32.1 Å². The van der Waals surface area contributed by atoms with E-state index >= 15 is 0 Å². The molecule has 4 rings (SSSR count). The summed E-state index contributed by atoms with van der Waals surface area (Å²) in [7, 11) is 1.70. The van der Waals surface area contributed by atoms with E-state index in [1.807, 2.05) is 6.92 Å². The van der Waals surface area contributed by atoms with Crippen molar-refractivity contribution in [2.75, 3.05) is 7.11 Å². The van der Waals surface area contributed by atoms with Crippen molar-refractivity contribution < 1.29 is 19.2 Å². The molecule has 2 bridgehead atoms. The quantitative estimate of drug-likeness (QED) is 0.662. The highest BCUT2D eigenvalue weighted by atomic mass is 17.3. The topological polar surface area (TPSA) is 36.9 Å². The predicted molar refractivity (Wildman–Crippen MR) is 61.0 cm³/mol. The molecule has 0 aromatic heterocycles. The van der Waals surface area contributed by atoms with Gasteiger partial charge in [-0.05, 0) is 26.2 Å². The van der Waals surface area contributed by atoms with Gasteiger partial charge < -0.3 is 9.47 Å². The Morgan fingerprint density at radius 3 is 2.53 bits per heavy atom. The lowest BCUT2D eigenvalue weighted by Crippen LogP contribution is -2.62. The van der Waals surface area contributed by atoms with Gasteiger partial charge in [-0.2, -0.15) is 0 Å². The first-order valence-electron chi connectivity index (χ1n) is 6.61. The molecule has 0 amide bonds. The number of fused-ring (bicyclic) bond motifs is 3. The van der Waals surface area contributed by atoms with E-state index in [0.29, 0.717) is 0 Å². The number of hydrogen-bond acceptors (Lipinski definition) is 4. The van der Waals surface area contributed by atoms with E-state index in [4.69, 9.17) is 19.2 Å². The van der Waals surface area contributed by atoms with Gasteiger partial charge in [0.25, 0.3) is 0 Å². The Balaban J connectivity index is 2.04. The Kier molecular flexibility index (Phi) is 2.57. The van der Waals surface area contributed by atoms with Crippen molar-refractivity contribution in [2.24, 2.45) is 5.41 Å². The summed E-state index contributed by atoms with van der Waals surface area (Å²) in [5.74, 6) is -0.647. The van der Waals surface area contributed by atoms with Crippen molar-refractivity contribution in [1.29, 1.82) is 0 Å². The van der Waals surface area contributed by atoms with Gasteiger partial charge in [0.2, 0.25) is 5.79 Å². The molecule has 3 saturated heterocycles. The monoisotopic (exact) mass is 242 g/mol. The van der Waals surface area contributed by atoms with Crippen molar-refractivity contribution >= 4 is 0 Å². The molecule has 0 radical (unpaired) electrons. The molecule has 1 aliphatic carbocycles. The maximum atomic E-state index is 6.00. The second-order valence-electron chi connectivity index (χ2n) is 6.14. The normalized spacial score (nSPS) is 54.2. The van der Waals surface area contributed by atoms with E-state index in [1.54, 1.807) is 7.11 Å². The van der Waals surface area contributed by atoms with Gasteiger partial charge >= 0.3 is 0 Å². The molecule has 17 heavy (non-hydrogen) atoms. The lowest BCUT2D eigenvalue weighted by molar-refractivity contribution is -0.553. The summed E-state index contributed by atoms with van der Waals surface area (Å²) in [5.41, 5.74) is -0.323. The zero-order valence-electron chi connectivity index (χ0n) is 11.0. The molecule has 0 aromatic rings. The van der Waals surface area contributed by atoms with Gasteiger partial charge in [0.15, 0.2) is 11.9 Å². The van der Waals surface area contributed by atoms with E-state index < -0.39 is 11.4 Å². The Bertz CT molecular complexity index is 321. The molecule has 4 atom stereocenters. The molecular weight excluding hydrogens is 220 g/mol. The van der Waals surface area contributed by atoms with Crippen molar-refractivity contribution in [3.05, 3.63) is 0 Å². The van der Waals surface area contributed by atoms with Crippen LogP contribution in [0.1, 0.15) is 52.4 Å². The first-order valence-corrected chi connectivity index (χ1v) is 6.61. The smallest absolute Gasteiger partial charge is 0.201 e. The van der Waals surface area contributed by atoms with E-state index in [1.165, 1.54) is 6.42 Å². The van der Waals surface area contributed by atoms with Gasteiger partial charge in [0.05, 0.1) is 0 Å². The van der Waals surface area contributed by atoms with Crippen LogP contribution < -0.4 is 0 Å². The molecule has 3 aliphatic heterocycles. The fourth-order valence-electron chi connectivity index (χ4n) is 3.68. The number of rotatable bonds is 1. The molecule has 1 unspecified atom stereocenters. The molecule has 3 heterocycles. The summed E-state index contributed by atoms with van der Waals surface area (Å²) < 4.78 is 11.6. The summed E-state index contributed by atoms with van der Waals surface area (Å²) in [5, 5.41) is 0. The summed E-state index contributed by atoms with van der Waals surface area (Å²) in [6.07, 6.45) is 6.16. The van der Waals surface area contributed by atoms with Crippen molar-refractivity contribution in [2.45, 2.75) is 70.1 Å². The van der Waals surface area contributed by atoms with Crippen LogP contribution in [0.5, 0.6) is 0 Å². The summed E-state index contributed by atoms with van der Waals surface area (Å²) >= 11 is 0. The van der Waals surface area contributed by atoms with Crippen LogP contribution in [0.3, 0.4) is 0 Å². The summed E-state index contributed by atoms with van der Waals surface area (Å²) in [6, 6.07) is 0. The number of ether oxygens (including phenoxy) is 2. The molecule has 4 fully saturated rings. The molecule has 4 heteroatoms. The Hall–Kier alpha value is -0.160. The van der Waals surface area contributed by atoms with Gasteiger partial charge in [0.1, 0.15) is 0 Å². The Morgan fingerprint density at radius 1 is 1.00 bits per heavy atom. The van der Waals surface area contributed by atoms with Crippen LogP contribution in [0.15, 0.2) is 0 Å². The Morgan fingerprint density at radius 2 is 1.76 bits per heavy atom. The molecule has 98 valence electrons. The van der Waals surface area contributed by atoms with Gasteiger partial charge in [-0.25, -0.2) is 9.78 Å². The standard InChI is InChI=1S/C13H22O4/c1-11-6-4-5-7-13(11)10(14-3)15-12(2,9-8-11)16-17-13/h10H,4-9H2,1-3H3/t10?,11-,12+,13+/m1/s1. The van der Waals surface area contributed by atoms with Crippen LogP contribution in [0.25, 0.3) is 0 Å². The van der Waals surface area contributed by atoms with Crippen molar-refractivity contribution in [1.82, 2.24) is 0 Å². The van der Waals surface area contributed by atoms with Gasteiger partial charge in [-0.15, -0.1) is 0 Å². The van der Waals surface area contributed by atoms with Crippen LogP contribution >= 0.6 is 0 Å². The fourth-order valence-corrected chi connectivity index (χ4v) is 3.68. The van der Waals surface area contributed by atoms with E-state index in [2.05, 4.69) is 6.92 Å². The zero-order chi connectivity index (χ0) is 12.1. The average molecular weight is 242 g/mol. The van der Waals surface area contributed by atoms with Gasteiger partial charge in [0, 0.05) is 18.9 Å². The largest absolute Gasteiger partial charge is 0.353 e. The van der Waals surface area contributed by atoms with Crippen LogP contribution in [-0.2, 0) is 19.2 Å². The molecular formula is C13H22O4. The van der Waals surface area contributed by atoms with Crippen LogP contribution in [0.4, 0.5) is 0 Å². The maximum Gasteiger partial charge on any atom is 0.201 e. The van der Waals surface area contributed by atoms with Crippen LogP contribution in [-0.4, -0.2) is 24.8 Å². The third-order valence-electron chi connectivity index (χ3n) is 5.00. The minimum atomic E-state index is -0.647. The lowest BCUT2D eigenvalue weighted by atomic mass is 9.62. The van der Waals surface area contributed by atoms with E-state index in [9.17, 15) is 0 Å². The maximum absolute atomic E-state index is 6.00. The van der Waals surface area contributed by atoms with Crippen LogP contribution in [0.2, 0.25) is 0 Å². The third kappa shape index (κ3) is 1.51. The second-order valence-corrected chi connectivity index (χ2v) is 6.14. The first kappa shape index (κ1) is 11.9. The SMILES string of the molecule is COC1O[C@]2(C)CC[C@@]3(C)CCCC[C@]13OO2. The minimum Gasteiger partial charge on any atom is -0.353 e. The predicted octanol–water partition coefficient (Wildman–Crippen LogP) is 2.77. The summed E-state index contributed by atoms with van der Waals surface area (Å²) in [6.45, 7) is 4.23. The Labute approximate surface area is 102 Å². The highest BCUT2D eigenvalue weighted by Crippen LogP contribution is 2.58. The highest BCUT2D eigenvalue weighted by Gasteiger charge is 2.65. The minimum absolute atomic E-state index is 0.0974. The first-order chi connectivity index (χ1) is 8.04. The molecule has 4 aliphatic rings. The molecule has 4 nitrogen and oxygen atoms in total.